The first-order valence-corrected chi connectivity index (χ1v) is 12.3. The lowest BCUT2D eigenvalue weighted by atomic mass is 10.1. The summed E-state index contributed by atoms with van der Waals surface area (Å²) in [5.74, 6) is 0.366. The number of ether oxygens (including phenoxy) is 2. The molecule has 1 fully saturated rings. The normalized spacial score (nSPS) is 17.2. The SMILES string of the molecule is C[C@@H]1CN(c2cc(NC(=O)c3ccc(Cl)c(Oc4ncnc5c4OCCN5)c3)cc(C(F)(F)F)c2)CCN1. The minimum Gasteiger partial charge on any atom is -0.483 e. The van der Waals surface area contributed by atoms with Crippen molar-refractivity contribution in [3.63, 3.8) is 0 Å². The Balaban J connectivity index is 1.40. The number of piperazine rings is 1. The standard InChI is InChI=1S/C25H24ClF3N6O3/c1-14-12-35(6-4-30-14)18-10-16(25(27,28)29)9-17(11-18)34-23(36)15-2-3-19(26)20(8-15)38-24-21-22(32-13-33-24)31-5-7-37-21/h2-3,8-11,13-14,30H,4-7,12H2,1H3,(H,34,36)(H,31,32,33)/t14-/m1/s1. The van der Waals surface area contributed by atoms with Crippen LogP contribution in [0.4, 0.5) is 30.4 Å². The molecule has 200 valence electrons. The molecule has 2 aliphatic heterocycles. The molecule has 1 amide bonds. The van der Waals surface area contributed by atoms with Crippen LogP contribution < -0.4 is 30.3 Å². The maximum Gasteiger partial charge on any atom is 0.416 e. The second-order valence-corrected chi connectivity index (χ2v) is 9.31. The molecule has 0 bridgehead atoms. The van der Waals surface area contributed by atoms with Crippen molar-refractivity contribution >= 4 is 34.7 Å². The smallest absolute Gasteiger partial charge is 0.416 e. The van der Waals surface area contributed by atoms with Gasteiger partial charge in [0.2, 0.25) is 5.75 Å². The highest BCUT2D eigenvalue weighted by Gasteiger charge is 2.32. The molecule has 2 aromatic carbocycles. The van der Waals surface area contributed by atoms with E-state index in [1.165, 1.54) is 30.6 Å². The summed E-state index contributed by atoms with van der Waals surface area (Å²) < 4.78 is 52.5. The highest BCUT2D eigenvalue weighted by atomic mass is 35.5. The summed E-state index contributed by atoms with van der Waals surface area (Å²) >= 11 is 6.29. The van der Waals surface area contributed by atoms with Crippen molar-refractivity contribution in [1.82, 2.24) is 15.3 Å². The number of alkyl halides is 3. The third-order valence-electron chi connectivity index (χ3n) is 6.05. The van der Waals surface area contributed by atoms with Crippen LogP contribution in [0.3, 0.4) is 0 Å². The molecule has 9 nitrogen and oxygen atoms in total. The summed E-state index contributed by atoms with van der Waals surface area (Å²) in [5, 5.41) is 9.11. The molecule has 0 spiro atoms. The summed E-state index contributed by atoms with van der Waals surface area (Å²) in [6.07, 6.45) is -3.28. The van der Waals surface area contributed by atoms with Crippen LogP contribution in [0.25, 0.3) is 0 Å². The van der Waals surface area contributed by atoms with E-state index < -0.39 is 17.6 Å². The maximum absolute atomic E-state index is 13.7. The Bertz CT molecular complexity index is 1360. The van der Waals surface area contributed by atoms with Gasteiger partial charge in [0.15, 0.2) is 5.82 Å². The Morgan fingerprint density at radius 1 is 1.21 bits per heavy atom. The van der Waals surface area contributed by atoms with Crippen molar-refractivity contribution < 1.29 is 27.4 Å². The van der Waals surface area contributed by atoms with E-state index in [0.29, 0.717) is 50.0 Å². The predicted octanol–water partition coefficient (Wildman–Crippen LogP) is 4.80. The van der Waals surface area contributed by atoms with E-state index >= 15 is 0 Å². The predicted molar refractivity (Wildman–Crippen MR) is 137 cm³/mol. The molecule has 0 aliphatic carbocycles. The van der Waals surface area contributed by atoms with Gasteiger partial charge in [-0.1, -0.05) is 11.6 Å². The number of aromatic nitrogens is 2. The van der Waals surface area contributed by atoms with Gasteiger partial charge in [0.25, 0.3) is 11.8 Å². The lowest BCUT2D eigenvalue weighted by Gasteiger charge is -2.34. The zero-order chi connectivity index (χ0) is 26.9. The van der Waals surface area contributed by atoms with Crippen LogP contribution in [0.1, 0.15) is 22.8 Å². The van der Waals surface area contributed by atoms with Crippen molar-refractivity contribution in [1.29, 1.82) is 0 Å². The molecule has 3 heterocycles. The van der Waals surface area contributed by atoms with Crippen LogP contribution in [-0.4, -0.2) is 54.7 Å². The number of rotatable bonds is 5. The van der Waals surface area contributed by atoms with E-state index in [0.717, 1.165) is 12.1 Å². The van der Waals surface area contributed by atoms with Crippen LogP contribution in [-0.2, 0) is 6.18 Å². The molecule has 0 radical (unpaired) electrons. The number of fused-ring (bicyclic) bond motifs is 1. The third-order valence-corrected chi connectivity index (χ3v) is 6.36. The molecule has 1 atom stereocenters. The molecule has 2 aliphatic rings. The minimum absolute atomic E-state index is 0.0211. The zero-order valence-corrected chi connectivity index (χ0v) is 21.0. The number of anilines is 3. The number of hydrogen-bond acceptors (Lipinski definition) is 8. The largest absolute Gasteiger partial charge is 0.483 e. The molecule has 0 saturated carbocycles. The molecular formula is C25H24ClF3N6O3. The van der Waals surface area contributed by atoms with Gasteiger partial charge in [0.1, 0.15) is 18.7 Å². The Labute approximate surface area is 221 Å². The topological polar surface area (TPSA) is 101 Å². The van der Waals surface area contributed by atoms with Crippen LogP contribution in [0, 0.1) is 0 Å². The van der Waals surface area contributed by atoms with E-state index in [4.69, 9.17) is 21.1 Å². The van der Waals surface area contributed by atoms with E-state index in [9.17, 15) is 18.0 Å². The van der Waals surface area contributed by atoms with Crippen molar-refractivity contribution in [2.75, 3.05) is 48.3 Å². The van der Waals surface area contributed by atoms with E-state index in [1.54, 1.807) is 0 Å². The van der Waals surface area contributed by atoms with Crippen LogP contribution in [0.2, 0.25) is 5.02 Å². The highest BCUT2D eigenvalue weighted by Crippen LogP contribution is 2.39. The highest BCUT2D eigenvalue weighted by molar-refractivity contribution is 6.32. The van der Waals surface area contributed by atoms with E-state index in [-0.39, 0.29) is 33.9 Å². The second-order valence-electron chi connectivity index (χ2n) is 8.90. The van der Waals surface area contributed by atoms with Gasteiger partial charge in [-0.3, -0.25) is 4.79 Å². The number of carbonyl (C=O) groups excluding carboxylic acids is 1. The second kappa shape index (κ2) is 10.5. The fourth-order valence-corrected chi connectivity index (χ4v) is 4.39. The van der Waals surface area contributed by atoms with Crippen molar-refractivity contribution in [3.8, 4) is 17.4 Å². The maximum atomic E-state index is 13.7. The average Bonchev–Trinajstić information content (AvgIpc) is 2.89. The summed E-state index contributed by atoms with van der Waals surface area (Å²) in [6.45, 7) is 4.65. The van der Waals surface area contributed by atoms with E-state index in [2.05, 4.69) is 25.9 Å². The van der Waals surface area contributed by atoms with Crippen LogP contribution in [0.5, 0.6) is 17.4 Å². The van der Waals surface area contributed by atoms with Crippen molar-refractivity contribution in [3.05, 3.63) is 58.9 Å². The quantitative estimate of drug-likeness (QED) is 0.418. The molecule has 5 rings (SSSR count). The molecule has 0 unspecified atom stereocenters. The lowest BCUT2D eigenvalue weighted by molar-refractivity contribution is -0.137. The number of carbonyl (C=O) groups is 1. The van der Waals surface area contributed by atoms with Gasteiger partial charge in [-0.05, 0) is 43.3 Å². The first-order valence-electron chi connectivity index (χ1n) is 11.9. The van der Waals surface area contributed by atoms with Crippen LogP contribution in [0.15, 0.2) is 42.7 Å². The number of amides is 1. The first-order chi connectivity index (χ1) is 18.2. The first kappa shape index (κ1) is 25.9. The lowest BCUT2D eigenvalue weighted by Crippen LogP contribution is -2.49. The number of halogens is 4. The Morgan fingerprint density at radius 3 is 2.84 bits per heavy atom. The molecule has 3 aromatic rings. The van der Waals surface area contributed by atoms with Gasteiger partial charge in [0.05, 0.1) is 17.1 Å². The zero-order valence-electron chi connectivity index (χ0n) is 20.2. The number of hydrogen-bond donors (Lipinski definition) is 3. The fourth-order valence-electron chi connectivity index (χ4n) is 4.24. The number of nitrogens with one attached hydrogen (secondary N) is 3. The summed E-state index contributed by atoms with van der Waals surface area (Å²) in [4.78, 5) is 23.1. The molecular weight excluding hydrogens is 525 g/mol. The monoisotopic (exact) mass is 548 g/mol. The molecule has 38 heavy (non-hydrogen) atoms. The average molecular weight is 549 g/mol. The minimum atomic E-state index is -4.58. The van der Waals surface area contributed by atoms with E-state index in [1.807, 2.05) is 11.8 Å². The molecule has 1 saturated heterocycles. The van der Waals surface area contributed by atoms with Gasteiger partial charge >= 0.3 is 6.18 Å². The van der Waals surface area contributed by atoms with Gasteiger partial charge in [-0.15, -0.1) is 0 Å². The number of benzene rings is 2. The van der Waals surface area contributed by atoms with Crippen molar-refractivity contribution in [2.45, 2.75) is 19.1 Å². The Morgan fingerprint density at radius 2 is 2.05 bits per heavy atom. The molecule has 3 N–H and O–H groups in total. The van der Waals surface area contributed by atoms with Gasteiger partial charge in [-0.2, -0.15) is 18.2 Å². The Hall–Kier alpha value is -3.77. The summed E-state index contributed by atoms with van der Waals surface area (Å²) in [7, 11) is 0. The summed E-state index contributed by atoms with van der Waals surface area (Å²) in [6, 6.07) is 7.96. The fraction of sp³-hybridized carbons (Fsp3) is 0.320. The molecule has 13 heteroatoms. The van der Waals surface area contributed by atoms with Gasteiger partial charge < -0.3 is 30.3 Å². The summed E-state index contributed by atoms with van der Waals surface area (Å²) in [5.41, 5.74) is -0.321. The third kappa shape index (κ3) is 5.70. The number of nitrogens with zero attached hydrogens (tertiary/aromatic N) is 3. The van der Waals surface area contributed by atoms with Crippen molar-refractivity contribution in [2.24, 2.45) is 0 Å². The van der Waals surface area contributed by atoms with Gasteiger partial charge in [-0.25, -0.2) is 4.98 Å². The van der Waals surface area contributed by atoms with Crippen LogP contribution >= 0.6 is 11.6 Å². The molecule has 1 aromatic heterocycles. The Kier molecular flexibility index (Phi) is 7.17. The van der Waals surface area contributed by atoms with Gasteiger partial charge in [0, 0.05) is 42.6 Å².